The van der Waals surface area contributed by atoms with Gasteiger partial charge in [0, 0.05) is 24.7 Å². The van der Waals surface area contributed by atoms with Gasteiger partial charge < -0.3 is 10.4 Å². The van der Waals surface area contributed by atoms with E-state index in [9.17, 15) is 4.79 Å². The first kappa shape index (κ1) is 14.4. The van der Waals surface area contributed by atoms with Gasteiger partial charge in [0.2, 0.25) is 0 Å². The fourth-order valence-electron chi connectivity index (χ4n) is 1.58. The van der Waals surface area contributed by atoms with Gasteiger partial charge >= 0.3 is 5.97 Å². The van der Waals surface area contributed by atoms with E-state index in [0.717, 1.165) is 37.3 Å². The van der Waals surface area contributed by atoms with E-state index in [0.29, 0.717) is 5.92 Å². The second kappa shape index (κ2) is 7.63. The molecule has 1 aromatic rings. The molecule has 5 heteroatoms. The summed E-state index contributed by atoms with van der Waals surface area (Å²) in [5.41, 5.74) is 1.03. The number of carbonyl (C=O) groups is 1. The molecule has 0 spiro atoms. The summed E-state index contributed by atoms with van der Waals surface area (Å²) in [5.74, 6) is 0.511. The third-order valence-corrected chi connectivity index (χ3v) is 2.65. The second-order valence-corrected chi connectivity index (χ2v) is 4.61. The molecule has 2 N–H and O–H groups in total. The number of aromatic nitrogens is 2. The summed E-state index contributed by atoms with van der Waals surface area (Å²) in [5, 5.41) is 11.7. The van der Waals surface area contributed by atoms with Crippen molar-refractivity contribution in [3.63, 3.8) is 0 Å². The van der Waals surface area contributed by atoms with E-state index >= 15 is 0 Å². The van der Waals surface area contributed by atoms with Crippen LogP contribution in [0.3, 0.4) is 0 Å². The van der Waals surface area contributed by atoms with E-state index in [1.165, 1.54) is 0 Å². The zero-order valence-corrected chi connectivity index (χ0v) is 11.0. The highest BCUT2D eigenvalue weighted by Gasteiger charge is 2.02. The van der Waals surface area contributed by atoms with Crippen molar-refractivity contribution < 1.29 is 9.90 Å². The second-order valence-electron chi connectivity index (χ2n) is 4.61. The topological polar surface area (TPSA) is 75.1 Å². The molecule has 0 saturated carbocycles. The molecular formula is C13H21N3O2. The van der Waals surface area contributed by atoms with E-state index < -0.39 is 5.97 Å². The van der Waals surface area contributed by atoms with Crippen LogP contribution in [-0.2, 0) is 4.79 Å². The first-order chi connectivity index (χ1) is 8.59. The van der Waals surface area contributed by atoms with Gasteiger partial charge in [-0.05, 0) is 18.8 Å². The number of rotatable bonds is 8. The third kappa shape index (κ3) is 5.61. The van der Waals surface area contributed by atoms with Gasteiger partial charge in [-0.25, -0.2) is 9.97 Å². The van der Waals surface area contributed by atoms with Gasteiger partial charge in [0.1, 0.15) is 12.1 Å². The Bertz CT molecular complexity index is 380. The van der Waals surface area contributed by atoms with Crippen molar-refractivity contribution >= 4 is 11.8 Å². The van der Waals surface area contributed by atoms with Gasteiger partial charge in [-0.3, -0.25) is 4.79 Å². The molecule has 0 aliphatic carbocycles. The minimum atomic E-state index is -0.722. The number of unbranched alkanes of at least 4 members (excludes halogenated alkanes) is 2. The highest BCUT2D eigenvalue weighted by atomic mass is 16.4. The van der Waals surface area contributed by atoms with Gasteiger partial charge in [-0.15, -0.1) is 0 Å². The molecule has 1 aromatic heterocycles. The Labute approximate surface area is 108 Å². The van der Waals surface area contributed by atoms with E-state index in [2.05, 4.69) is 29.1 Å². The van der Waals surface area contributed by atoms with E-state index in [1.807, 2.05) is 6.07 Å². The van der Waals surface area contributed by atoms with Crippen LogP contribution in [-0.4, -0.2) is 27.6 Å². The molecule has 100 valence electrons. The number of carboxylic acid groups (broad SMARTS) is 1. The van der Waals surface area contributed by atoms with Crippen molar-refractivity contribution in [1.82, 2.24) is 9.97 Å². The van der Waals surface area contributed by atoms with Crippen molar-refractivity contribution in [3.05, 3.63) is 18.1 Å². The number of hydrogen-bond donors (Lipinski definition) is 2. The minimum absolute atomic E-state index is 0.255. The molecule has 0 atom stereocenters. The number of anilines is 1. The highest BCUT2D eigenvalue weighted by Crippen LogP contribution is 2.13. The smallest absolute Gasteiger partial charge is 0.303 e. The summed E-state index contributed by atoms with van der Waals surface area (Å²) in [7, 11) is 0. The highest BCUT2D eigenvalue weighted by molar-refractivity contribution is 5.66. The summed E-state index contributed by atoms with van der Waals surface area (Å²) in [4.78, 5) is 18.7. The lowest BCUT2D eigenvalue weighted by atomic mass is 10.1. The van der Waals surface area contributed by atoms with E-state index in [4.69, 9.17) is 5.11 Å². The van der Waals surface area contributed by atoms with Gasteiger partial charge in [0.25, 0.3) is 0 Å². The van der Waals surface area contributed by atoms with Crippen molar-refractivity contribution in [2.45, 2.75) is 45.4 Å². The Morgan fingerprint density at radius 2 is 2.11 bits per heavy atom. The molecule has 0 aromatic carbocycles. The lowest BCUT2D eigenvalue weighted by Crippen LogP contribution is -2.05. The zero-order valence-electron chi connectivity index (χ0n) is 11.0. The van der Waals surface area contributed by atoms with Gasteiger partial charge in [0.05, 0.1) is 0 Å². The van der Waals surface area contributed by atoms with Crippen LogP contribution in [0.1, 0.15) is 51.1 Å². The molecule has 0 unspecified atom stereocenters. The molecule has 0 radical (unpaired) electrons. The summed E-state index contributed by atoms with van der Waals surface area (Å²) < 4.78 is 0. The van der Waals surface area contributed by atoms with Crippen molar-refractivity contribution in [1.29, 1.82) is 0 Å². The molecular weight excluding hydrogens is 230 g/mol. The summed E-state index contributed by atoms with van der Waals surface area (Å²) in [6.45, 7) is 5.00. The Hall–Kier alpha value is -1.65. The maximum absolute atomic E-state index is 10.3. The first-order valence-electron chi connectivity index (χ1n) is 6.37. The van der Waals surface area contributed by atoms with Crippen molar-refractivity contribution in [2.75, 3.05) is 11.9 Å². The number of aliphatic carboxylic acids is 1. The first-order valence-corrected chi connectivity index (χ1v) is 6.37. The third-order valence-electron chi connectivity index (χ3n) is 2.65. The molecule has 0 saturated heterocycles. The fraction of sp³-hybridized carbons (Fsp3) is 0.615. The van der Waals surface area contributed by atoms with Crippen LogP contribution in [0.25, 0.3) is 0 Å². The lowest BCUT2D eigenvalue weighted by Gasteiger charge is -2.08. The van der Waals surface area contributed by atoms with Gasteiger partial charge in [0.15, 0.2) is 0 Å². The number of nitrogens with zero attached hydrogens (tertiary/aromatic N) is 2. The molecule has 1 heterocycles. The van der Waals surface area contributed by atoms with E-state index in [1.54, 1.807) is 6.33 Å². The normalized spacial score (nSPS) is 10.6. The Morgan fingerprint density at radius 3 is 2.78 bits per heavy atom. The SMILES string of the molecule is CC(C)c1cc(NCCCCCC(=O)O)ncn1. The predicted molar refractivity (Wildman–Crippen MR) is 70.7 cm³/mol. The molecule has 0 amide bonds. The predicted octanol–water partition coefficient (Wildman–Crippen LogP) is 2.66. The van der Waals surface area contributed by atoms with Crippen LogP contribution in [0.15, 0.2) is 12.4 Å². The van der Waals surface area contributed by atoms with Crippen LogP contribution in [0, 0.1) is 0 Å². The summed E-state index contributed by atoms with van der Waals surface area (Å²) >= 11 is 0. The van der Waals surface area contributed by atoms with Crippen LogP contribution < -0.4 is 5.32 Å². The van der Waals surface area contributed by atoms with Crippen molar-refractivity contribution in [3.8, 4) is 0 Å². The minimum Gasteiger partial charge on any atom is -0.481 e. The van der Waals surface area contributed by atoms with E-state index in [-0.39, 0.29) is 6.42 Å². The van der Waals surface area contributed by atoms with Crippen LogP contribution in [0.4, 0.5) is 5.82 Å². The Balaban J connectivity index is 2.23. The zero-order chi connectivity index (χ0) is 13.4. The van der Waals surface area contributed by atoms with Crippen LogP contribution in [0.5, 0.6) is 0 Å². The molecule has 0 bridgehead atoms. The largest absolute Gasteiger partial charge is 0.481 e. The maximum Gasteiger partial charge on any atom is 0.303 e. The average molecular weight is 251 g/mol. The molecule has 18 heavy (non-hydrogen) atoms. The van der Waals surface area contributed by atoms with Gasteiger partial charge in [-0.1, -0.05) is 20.3 Å². The summed E-state index contributed by atoms with van der Waals surface area (Å²) in [6.07, 6.45) is 4.43. The molecule has 5 nitrogen and oxygen atoms in total. The number of hydrogen-bond acceptors (Lipinski definition) is 4. The Morgan fingerprint density at radius 1 is 1.33 bits per heavy atom. The molecule has 0 aliphatic heterocycles. The lowest BCUT2D eigenvalue weighted by molar-refractivity contribution is -0.137. The van der Waals surface area contributed by atoms with Crippen LogP contribution >= 0.6 is 0 Å². The fourth-order valence-corrected chi connectivity index (χ4v) is 1.58. The molecule has 1 rings (SSSR count). The van der Waals surface area contributed by atoms with Crippen LogP contribution in [0.2, 0.25) is 0 Å². The standard InChI is InChI=1S/C13H21N3O2/c1-10(2)11-8-12(16-9-15-11)14-7-5-3-4-6-13(17)18/h8-10H,3-7H2,1-2H3,(H,17,18)(H,14,15,16). The maximum atomic E-state index is 10.3. The molecule has 0 fully saturated rings. The number of carboxylic acids is 1. The molecule has 0 aliphatic rings. The summed E-state index contributed by atoms with van der Waals surface area (Å²) in [6, 6.07) is 1.96. The van der Waals surface area contributed by atoms with Gasteiger partial charge in [-0.2, -0.15) is 0 Å². The number of nitrogens with one attached hydrogen (secondary N) is 1. The average Bonchev–Trinajstić information content (AvgIpc) is 2.33. The Kier molecular flexibility index (Phi) is 6.11. The monoisotopic (exact) mass is 251 g/mol. The quantitative estimate of drug-likeness (QED) is 0.695. The van der Waals surface area contributed by atoms with Crippen molar-refractivity contribution in [2.24, 2.45) is 0 Å².